The van der Waals surface area contributed by atoms with Gasteiger partial charge in [-0.25, -0.2) is 9.97 Å². The van der Waals surface area contributed by atoms with Gasteiger partial charge in [0.15, 0.2) is 0 Å². The van der Waals surface area contributed by atoms with Crippen LogP contribution in [-0.2, 0) is 0 Å². The number of hydrogen-bond acceptors (Lipinski definition) is 2. The Balaban J connectivity index is 1.33. The topological polar surface area (TPSA) is 35.1 Å². The van der Waals surface area contributed by atoms with Crippen molar-refractivity contribution in [1.29, 1.82) is 0 Å². The second-order valence-corrected chi connectivity index (χ2v) is 13.3. The monoisotopic (exact) mass is 634 g/mol. The lowest BCUT2D eigenvalue weighted by atomic mass is 9.98. The summed E-state index contributed by atoms with van der Waals surface area (Å²) in [4.78, 5) is 10.9. The minimum atomic E-state index is 0.669. The zero-order valence-electron chi connectivity index (χ0n) is 26.8. The van der Waals surface area contributed by atoms with Gasteiger partial charge in [0.2, 0.25) is 5.95 Å². The van der Waals surface area contributed by atoms with Crippen molar-refractivity contribution in [1.82, 2.24) is 18.9 Å². The van der Waals surface area contributed by atoms with Crippen molar-refractivity contribution in [3.05, 3.63) is 158 Å². The molecule has 50 heavy (non-hydrogen) atoms. The molecule has 0 spiro atoms. The maximum absolute atomic E-state index is 5.49. The third-order valence-corrected chi connectivity index (χ3v) is 10.8. The molecule has 4 heterocycles. The standard InChI is InChI=1S/C46H26N4/c1-2-13-28(14-3-1)44-41-30-16-6-4-12-27(30)24-25-35(41)47-46(48-44)50-37-21-10-19-33-40-31-17-7-5-15-29(31)26-34-32-18-8-9-20-36(32)49(45(34)40)38-22-11-23-39(50)43(38)42(33)37/h1-26H. The fraction of sp³-hybridized carbons (Fsp3) is 0. The molecule has 0 aliphatic carbocycles. The van der Waals surface area contributed by atoms with Crippen LogP contribution in [0, 0.1) is 0 Å². The van der Waals surface area contributed by atoms with Crippen LogP contribution < -0.4 is 0 Å². The van der Waals surface area contributed by atoms with E-state index < -0.39 is 0 Å². The molecule has 4 aromatic heterocycles. The third kappa shape index (κ3) is 3.25. The number of benzene rings is 8. The van der Waals surface area contributed by atoms with Crippen LogP contribution in [0.15, 0.2) is 158 Å². The van der Waals surface area contributed by atoms with Crippen molar-refractivity contribution in [3.63, 3.8) is 0 Å². The smallest absolute Gasteiger partial charge is 0.235 e. The van der Waals surface area contributed by atoms with Gasteiger partial charge in [0.25, 0.3) is 0 Å². The number of rotatable bonds is 2. The first kappa shape index (κ1) is 26.2. The van der Waals surface area contributed by atoms with Gasteiger partial charge in [-0.1, -0.05) is 121 Å². The summed E-state index contributed by atoms with van der Waals surface area (Å²) in [5.41, 5.74) is 8.76. The molecule has 4 nitrogen and oxygen atoms in total. The van der Waals surface area contributed by atoms with Gasteiger partial charge in [0.1, 0.15) is 0 Å². The fourth-order valence-electron chi connectivity index (χ4n) is 8.81. The molecule has 0 unspecified atom stereocenters. The molecule has 8 aromatic carbocycles. The fourth-order valence-corrected chi connectivity index (χ4v) is 8.81. The Morgan fingerprint density at radius 3 is 1.88 bits per heavy atom. The van der Waals surface area contributed by atoms with E-state index in [1.165, 1.54) is 65.0 Å². The number of hydrogen-bond donors (Lipinski definition) is 0. The average Bonchev–Trinajstić information content (AvgIpc) is 3.65. The molecule has 230 valence electrons. The summed E-state index contributed by atoms with van der Waals surface area (Å²) in [7, 11) is 0. The molecule has 0 N–H and O–H groups in total. The molecule has 0 amide bonds. The van der Waals surface area contributed by atoms with E-state index >= 15 is 0 Å². The Hall–Kier alpha value is -6.78. The molecule has 0 saturated carbocycles. The summed E-state index contributed by atoms with van der Waals surface area (Å²) in [5.74, 6) is 0.669. The molecular formula is C46H26N4. The minimum absolute atomic E-state index is 0.669. The van der Waals surface area contributed by atoms with E-state index in [9.17, 15) is 0 Å². The van der Waals surface area contributed by atoms with Crippen molar-refractivity contribution in [2.24, 2.45) is 0 Å². The Bertz CT molecular complexity index is 3340. The normalized spacial score (nSPS) is 12.4. The second-order valence-electron chi connectivity index (χ2n) is 13.3. The minimum Gasteiger partial charge on any atom is -0.308 e. The highest BCUT2D eigenvalue weighted by atomic mass is 15.2. The molecule has 0 fully saturated rings. The largest absolute Gasteiger partial charge is 0.308 e. The van der Waals surface area contributed by atoms with Crippen molar-refractivity contribution < 1.29 is 0 Å². The van der Waals surface area contributed by atoms with E-state index in [4.69, 9.17) is 9.97 Å². The van der Waals surface area contributed by atoms with Crippen LogP contribution >= 0.6 is 0 Å². The van der Waals surface area contributed by atoms with Crippen LogP contribution in [0.1, 0.15) is 0 Å². The molecule has 12 rings (SSSR count). The van der Waals surface area contributed by atoms with E-state index in [2.05, 4.69) is 167 Å². The summed E-state index contributed by atoms with van der Waals surface area (Å²) in [6.45, 7) is 0. The zero-order chi connectivity index (χ0) is 32.5. The predicted molar refractivity (Wildman–Crippen MR) is 209 cm³/mol. The van der Waals surface area contributed by atoms with Gasteiger partial charge < -0.3 is 4.40 Å². The lowest BCUT2D eigenvalue weighted by Gasteiger charge is -2.14. The molecule has 12 aromatic rings. The van der Waals surface area contributed by atoms with Gasteiger partial charge in [-0.05, 0) is 63.3 Å². The van der Waals surface area contributed by atoms with Crippen molar-refractivity contribution >= 4 is 92.3 Å². The van der Waals surface area contributed by atoms with E-state index in [1.807, 2.05) is 0 Å². The highest BCUT2D eigenvalue weighted by Gasteiger charge is 2.24. The molecule has 0 bridgehead atoms. The van der Waals surface area contributed by atoms with Crippen LogP contribution in [0.5, 0.6) is 0 Å². The van der Waals surface area contributed by atoms with E-state index in [0.29, 0.717) is 5.95 Å². The summed E-state index contributed by atoms with van der Waals surface area (Å²) >= 11 is 0. The Morgan fingerprint density at radius 2 is 1.02 bits per heavy atom. The van der Waals surface area contributed by atoms with E-state index in [-0.39, 0.29) is 0 Å². The zero-order valence-corrected chi connectivity index (χ0v) is 26.8. The molecule has 0 aliphatic rings. The second kappa shape index (κ2) is 9.43. The first-order valence-corrected chi connectivity index (χ1v) is 17.1. The summed E-state index contributed by atoms with van der Waals surface area (Å²) < 4.78 is 4.79. The Morgan fingerprint density at radius 1 is 0.380 bits per heavy atom. The number of aromatic nitrogens is 4. The van der Waals surface area contributed by atoms with Gasteiger partial charge >= 0.3 is 0 Å². The first-order chi connectivity index (χ1) is 24.8. The molecule has 0 aliphatic heterocycles. The molecular weight excluding hydrogens is 609 g/mol. The molecule has 4 heteroatoms. The van der Waals surface area contributed by atoms with Gasteiger partial charge in [-0.3, -0.25) is 4.57 Å². The lowest BCUT2D eigenvalue weighted by Crippen LogP contribution is -2.04. The van der Waals surface area contributed by atoms with Crippen molar-refractivity contribution in [3.8, 4) is 17.2 Å². The van der Waals surface area contributed by atoms with Crippen LogP contribution in [0.25, 0.3) is 110 Å². The van der Waals surface area contributed by atoms with E-state index in [0.717, 1.165) is 38.6 Å². The maximum atomic E-state index is 5.49. The van der Waals surface area contributed by atoms with Crippen LogP contribution in [0.2, 0.25) is 0 Å². The van der Waals surface area contributed by atoms with Crippen LogP contribution in [-0.4, -0.2) is 18.9 Å². The molecule has 0 radical (unpaired) electrons. The van der Waals surface area contributed by atoms with Crippen LogP contribution in [0.3, 0.4) is 0 Å². The van der Waals surface area contributed by atoms with Crippen molar-refractivity contribution in [2.45, 2.75) is 0 Å². The number of para-hydroxylation sites is 1. The number of nitrogens with zero attached hydrogens (tertiary/aromatic N) is 4. The average molecular weight is 635 g/mol. The Kier molecular flexibility index (Phi) is 4.94. The van der Waals surface area contributed by atoms with Gasteiger partial charge in [0.05, 0.1) is 38.8 Å². The number of fused-ring (bicyclic) bond motifs is 10. The van der Waals surface area contributed by atoms with E-state index in [1.54, 1.807) is 0 Å². The third-order valence-electron chi connectivity index (χ3n) is 10.8. The predicted octanol–water partition coefficient (Wildman–Crippen LogP) is 11.9. The van der Waals surface area contributed by atoms with Gasteiger partial charge in [-0.2, -0.15) is 0 Å². The van der Waals surface area contributed by atoms with Gasteiger partial charge in [0, 0.05) is 37.9 Å². The van der Waals surface area contributed by atoms with Crippen LogP contribution in [0.4, 0.5) is 0 Å². The Labute approximate surface area is 285 Å². The molecule has 0 saturated heterocycles. The summed E-state index contributed by atoms with van der Waals surface area (Å²) in [5, 5.41) is 13.4. The first-order valence-electron chi connectivity index (χ1n) is 17.1. The van der Waals surface area contributed by atoms with Crippen molar-refractivity contribution in [2.75, 3.05) is 0 Å². The highest BCUT2D eigenvalue weighted by Crippen LogP contribution is 2.46. The summed E-state index contributed by atoms with van der Waals surface area (Å²) in [6.07, 6.45) is 0. The maximum Gasteiger partial charge on any atom is 0.235 e. The molecule has 0 atom stereocenters. The quantitative estimate of drug-likeness (QED) is 0.177. The SMILES string of the molecule is c1ccc(-c2nc(-n3c4cccc5c4c4c3cccc4n3c4ccccc4c4cc6ccccc6c5c43)nc3ccc4ccccc4c23)cc1. The summed E-state index contributed by atoms with van der Waals surface area (Å²) in [6, 6.07) is 56.9. The highest BCUT2D eigenvalue weighted by molar-refractivity contribution is 6.35. The van der Waals surface area contributed by atoms with Gasteiger partial charge in [-0.15, -0.1) is 0 Å². The lowest BCUT2D eigenvalue weighted by molar-refractivity contribution is 1.01.